The van der Waals surface area contributed by atoms with E-state index in [4.69, 9.17) is 0 Å². The summed E-state index contributed by atoms with van der Waals surface area (Å²) in [6, 6.07) is 42.1. The highest BCUT2D eigenvalue weighted by Gasteiger charge is 2.58. The van der Waals surface area contributed by atoms with Crippen molar-refractivity contribution in [2.75, 3.05) is 0 Å². The molecule has 0 bridgehead atoms. The second-order valence-corrected chi connectivity index (χ2v) is 38.8. The molecule has 8 heteroatoms. The Labute approximate surface area is 659 Å². The number of benzene rings is 6. The van der Waals surface area contributed by atoms with E-state index in [1.165, 1.54) is 133 Å². The zero-order chi connectivity index (χ0) is 77.5. The quantitative estimate of drug-likeness (QED) is 0.0500. The lowest BCUT2D eigenvalue weighted by Gasteiger charge is -2.51. The monoisotopic (exact) mass is 1480 g/mol. The van der Waals surface area contributed by atoms with Gasteiger partial charge >= 0.3 is 0 Å². The first-order valence-electron chi connectivity index (χ1n) is 43.7. The third-order valence-corrected chi connectivity index (χ3v) is 31.9. The number of phenols is 4. The van der Waals surface area contributed by atoms with Gasteiger partial charge in [-0.1, -0.05) is 211 Å². The first-order valence-corrected chi connectivity index (χ1v) is 43.7. The number of hydrogen-bond donors (Lipinski definition) is 8. The highest BCUT2D eigenvalue weighted by atomic mass is 16.3. The highest BCUT2D eigenvalue weighted by molar-refractivity contribution is 5.60. The molecule has 8 nitrogen and oxygen atoms in total. The number of aryl methyl sites for hydroxylation is 2. The molecule has 0 aliphatic heterocycles. The lowest BCUT2D eigenvalue weighted by molar-refractivity contribution is 0.141. The van der Waals surface area contributed by atoms with Crippen LogP contribution in [0.5, 0.6) is 23.0 Å². The fourth-order valence-corrected chi connectivity index (χ4v) is 26.5. The summed E-state index contributed by atoms with van der Waals surface area (Å²) in [7, 11) is 0. The molecular formula is C102H132O8. The molecule has 4 fully saturated rings. The Kier molecular flexibility index (Phi) is 21.9. The zero-order valence-electron chi connectivity index (χ0n) is 68.6. The van der Waals surface area contributed by atoms with Gasteiger partial charge in [0.1, 0.15) is 23.0 Å². The predicted molar refractivity (Wildman–Crippen MR) is 447 cm³/mol. The van der Waals surface area contributed by atoms with Crippen LogP contribution in [0.3, 0.4) is 0 Å². The van der Waals surface area contributed by atoms with Gasteiger partial charge in [0.15, 0.2) is 0 Å². The number of allylic oxidation sites excluding steroid dienone is 4. The maximum absolute atomic E-state index is 10.9. The van der Waals surface area contributed by atoms with Gasteiger partial charge in [-0.15, -0.1) is 0 Å². The lowest BCUT2D eigenvalue weighted by Crippen LogP contribution is -2.43. The van der Waals surface area contributed by atoms with Crippen LogP contribution in [-0.2, 0) is 60.2 Å². The Hall–Kier alpha value is -6.68. The molecule has 12 aliphatic carbocycles. The molecule has 0 unspecified atom stereocenters. The molecule has 0 amide bonds. The minimum atomic E-state index is -0.193. The maximum atomic E-state index is 10.9. The van der Waals surface area contributed by atoms with Crippen molar-refractivity contribution in [1.29, 1.82) is 0 Å². The SMILES string of the molecule is CC[C@@]12CC[C@@]3(C)C[C@@H](O)CC3=C1CCc1cc(O)ccc12.CC[C@]12CC[C@@]3(C)C[C@@H](O)CC3=C1CCc1cc(O)ccc12.Cc1c(O)ccc2c1CCC1=C3C[C@H](O)C[C@]3(CCCC(C)C)CC[C@@]12Cc1ccccc1.Cc1c(O)ccc2c1CCC1=C3C[C@H](O)C[C@]3(CCCC(C)C)CC[C@]12Cc1ccccc1. The van der Waals surface area contributed by atoms with Gasteiger partial charge in [0, 0.05) is 21.7 Å². The van der Waals surface area contributed by atoms with Gasteiger partial charge in [0.05, 0.1) is 24.4 Å². The summed E-state index contributed by atoms with van der Waals surface area (Å²) in [6.45, 7) is 22.8. The van der Waals surface area contributed by atoms with Crippen LogP contribution in [0.4, 0.5) is 0 Å². The van der Waals surface area contributed by atoms with Crippen molar-refractivity contribution in [3.63, 3.8) is 0 Å². The number of phenolic OH excluding ortho intramolecular Hbond substituents is 4. The topological polar surface area (TPSA) is 162 Å². The predicted octanol–water partition coefficient (Wildman–Crippen LogP) is 22.8. The largest absolute Gasteiger partial charge is 0.508 e. The Bertz CT molecular complexity index is 4260. The molecule has 18 rings (SSSR count). The molecule has 8 N–H and O–H groups in total. The average molecular weight is 1490 g/mol. The van der Waals surface area contributed by atoms with Crippen molar-refractivity contribution in [3.8, 4) is 23.0 Å². The fourth-order valence-electron chi connectivity index (χ4n) is 26.5. The second kappa shape index (κ2) is 30.6. The first-order chi connectivity index (χ1) is 52.7. The van der Waals surface area contributed by atoms with Crippen molar-refractivity contribution < 1.29 is 40.9 Å². The molecule has 0 radical (unpaired) electrons. The van der Waals surface area contributed by atoms with Crippen molar-refractivity contribution in [1.82, 2.24) is 0 Å². The van der Waals surface area contributed by atoms with Crippen LogP contribution in [0.1, 0.15) is 302 Å². The van der Waals surface area contributed by atoms with Crippen molar-refractivity contribution >= 4 is 0 Å². The number of aliphatic hydroxyl groups excluding tert-OH is 4. The lowest BCUT2D eigenvalue weighted by atomic mass is 9.52. The molecular weight excluding hydrogens is 1350 g/mol. The smallest absolute Gasteiger partial charge is 0.118 e. The van der Waals surface area contributed by atoms with E-state index >= 15 is 0 Å². The average Bonchev–Trinajstić information content (AvgIpc) is 1.33. The third kappa shape index (κ3) is 13.9. The van der Waals surface area contributed by atoms with E-state index in [0.717, 1.165) is 164 Å². The number of aliphatic hydroxyl groups is 4. The van der Waals surface area contributed by atoms with Gasteiger partial charge in [-0.2, -0.15) is 0 Å². The second-order valence-electron chi connectivity index (χ2n) is 38.8. The van der Waals surface area contributed by atoms with Gasteiger partial charge < -0.3 is 40.9 Å². The minimum absolute atomic E-state index is 0.00562. The molecule has 110 heavy (non-hydrogen) atoms. The molecule has 12 aliphatic rings. The van der Waals surface area contributed by atoms with Crippen LogP contribution in [0.15, 0.2) is 166 Å². The number of aromatic hydroxyl groups is 4. The normalized spacial score (nSPS) is 31.9. The molecule has 4 saturated carbocycles. The van der Waals surface area contributed by atoms with Crippen molar-refractivity contribution in [3.05, 3.63) is 233 Å². The third-order valence-electron chi connectivity index (χ3n) is 31.9. The van der Waals surface area contributed by atoms with Gasteiger partial charge in [-0.3, -0.25) is 0 Å². The van der Waals surface area contributed by atoms with Crippen molar-refractivity contribution in [2.45, 2.75) is 334 Å². The molecule has 12 atom stereocenters. The molecule has 6 aromatic carbocycles. The molecule has 0 heterocycles. The Morgan fingerprint density at radius 3 is 1.09 bits per heavy atom. The summed E-state index contributed by atoms with van der Waals surface area (Å²) >= 11 is 0. The fraction of sp³-hybridized carbons (Fsp3) is 0.569. The Morgan fingerprint density at radius 1 is 0.364 bits per heavy atom. The van der Waals surface area contributed by atoms with Crippen LogP contribution in [0, 0.1) is 47.3 Å². The number of hydrogen-bond acceptors (Lipinski definition) is 8. The van der Waals surface area contributed by atoms with Gasteiger partial charge in [0.25, 0.3) is 0 Å². The molecule has 588 valence electrons. The Morgan fingerprint density at radius 2 is 0.709 bits per heavy atom. The molecule has 0 aromatic heterocycles. The summed E-state index contributed by atoms with van der Waals surface area (Å²) in [4.78, 5) is 0. The van der Waals surface area contributed by atoms with Crippen LogP contribution in [-0.4, -0.2) is 65.3 Å². The first kappa shape index (κ1) is 78.6. The van der Waals surface area contributed by atoms with Gasteiger partial charge in [-0.05, 0) is 343 Å². The standard InChI is InChI=1S/2C31H40O2.2C20H26O2/c2*1-21(2)8-7-15-30-16-17-31(19-23-9-5-4-6-10-23)26-13-14-29(33)22(3)25(26)11-12-27(31)28(30)18-24(32)20-30;2*1-3-20-9-8-19(2)12-15(22)11-18(19)17(20)6-4-13-10-14(21)5-7-16(13)20/h2*4-6,9-10,13-14,21,24,32-33H,7-8,11-12,15-20H2,1-3H3;2*5,7,10,15,21-22H,3-4,6,8-9,11-12H2,1-2H3/t24-,30-,31+;24-,30-,31-;15-,19-,20+;15-,19-,20-/m0000/s1. The summed E-state index contributed by atoms with van der Waals surface area (Å²) < 4.78 is 0. The Balaban J connectivity index is 0.000000119. The minimum Gasteiger partial charge on any atom is -0.508 e. The highest BCUT2D eigenvalue weighted by Crippen LogP contribution is 2.67. The van der Waals surface area contributed by atoms with E-state index in [2.05, 4.69) is 154 Å². The van der Waals surface area contributed by atoms with Crippen LogP contribution < -0.4 is 0 Å². The van der Waals surface area contributed by atoms with E-state index in [-0.39, 0.29) is 67.7 Å². The van der Waals surface area contributed by atoms with E-state index in [1.807, 2.05) is 36.4 Å². The number of fused-ring (bicyclic) bond motifs is 16. The summed E-state index contributed by atoms with van der Waals surface area (Å²) in [5.41, 5.74) is 30.0. The van der Waals surface area contributed by atoms with E-state index in [1.54, 1.807) is 44.6 Å². The van der Waals surface area contributed by atoms with Crippen LogP contribution in [0.25, 0.3) is 0 Å². The van der Waals surface area contributed by atoms with E-state index in [0.29, 0.717) is 23.0 Å². The summed E-state index contributed by atoms with van der Waals surface area (Å²) in [5.74, 6) is 3.10. The van der Waals surface area contributed by atoms with Crippen LogP contribution >= 0.6 is 0 Å². The maximum Gasteiger partial charge on any atom is 0.118 e. The summed E-state index contributed by atoms with van der Waals surface area (Å²) in [6.07, 6.45) is 36.1. The van der Waals surface area contributed by atoms with Gasteiger partial charge in [0.2, 0.25) is 0 Å². The molecule has 0 saturated heterocycles. The van der Waals surface area contributed by atoms with E-state index < -0.39 is 0 Å². The zero-order valence-corrected chi connectivity index (χ0v) is 68.6. The number of rotatable bonds is 14. The van der Waals surface area contributed by atoms with Gasteiger partial charge in [-0.25, -0.2) is 0 Å². The molecule has 6 aromatic rings. The molecule has 0 spiro atoms. The van der Waals surface area contributed by atoms with E-state index in [9.17, 15) is 40.9 Å². The van der Waals surface area contributed by atoms with Crippen LogP contribution in [0.2, 0.25) is 0 Å². The van der Waals surface area contributed by atoms with Crippen molar-refractivity contribution in [2.24, 2.45) is 33.5 Å². The summed E-state index contributed by atoms with van der Waals surface area (Å²) in [5, 5.41) is 82.9.